The molecule has 0 unspecified atom stereocenters. The molecule has 0 aliphatic heterocycles. The fourth-order valence-electron chi connectivity index (χ4n) is 2.25. The van der Waals surface area contributed by atoms with Crippen LogP contribution in [0.5, 0.6) is 0 Å². The van der Waals surface area contributed by atoms with Gasteiger partial charge in [-0.2, -0.15) is 0 Å². The van der Waals surface area contributed by atoms with E-state index in [-0.39, 0.29) is 11.8 Å². The third kappa shape index (κ3) is 3.67. The number of amides is 1. The number of pyridine rings is 1. The van der Waals surface area contributed by atoms with Crippen LogP contribution in [0.1, 0.15) is 36.9 Å². The van der Waals surface area contributed by atoms with Crippen molar-refractivity contribution in [3.63, 3.8) is 0 Å². The van der Waals surface area contributed by atoms with Crippen molar-refractivity contribution >= 4 is 11.7 Å². The number of benzene rings is 1. The van der Waals surface area contributed by atoms with Crippen LogP contribution < -0.4 is 5.32 Å². The molecule has 0 saturated carbocycles. The second-order valence-electron chi connectivity index (χ2n) is 4.91. The third-order valence-electron chi connectivity index (χ3n) is 3.24. The van der Waals surface area contributed by atoms with Gasteiger partial charge in [-0.05, 0) is 31.0 Å². The van der Waals surface area contributed by atoms with Crippen molar-refractivity contribution in [3.05, 3.63) is 59.8 Å². The maximum atomic E-state index is 12.5. The molecule has 1 amide bonds. The van der Waals surface area contributed by atoms with Crippen molar-refractivity contribution < 1.29 is 4.79 Å². The van der Waals surface area contributed by atoms with Crippen LogP contribution in [0.15, 0.2) is 48.5 Å². The number of hydrogen-bond acceptors (Lipinski definition) is 2. The van der Waals surface area contributed by atoms with Crippen LogP contribution in [0.2, 0.25) is 0 Å². The van der Waals surface area contributed by atoms with Gasteiger partial charge in [0, 0.05) is 5.69 Å². The Bertz CT molecular complexity index is 566. The first-order valence-electron chi connectivity index (χ1n) is 7.00. The molecule has 0 saturated heterocycles. The molecule has 104 valence electrons. The lowest BCUT2D eigenvalue weighted by atomic mass is 9.93. The SMILES string of the molecule is CCC[C@H](C(=O)Nc1cccc(C)n1)c1ccccc1. The van der Waals surface area contributed by atoms with Crippen molar-refractivity contribution in [2.75, 3.05) is 5.32 Å². The number of rotatable bonds is 5. The van der Waals surface area contributed by atoms with Crippen molar-refractivity contribution in [2.24, 2.45) is 0 Å². The summed E-state index contributed by atoms with van der Waals surface area (Å²) in [5.41, 5.74) is 1.95. The highest BCUT2D eigenvalue weighted by Crippen LogP contribution is 2.22. The number of aryl methyl sites for hydroxylation is 1. The van der Waals surface area contributed by atoms with Crippen molar-refractivity contribution in [2.45, 2.75) is 32.6 Å². The standard InChI is InChI=1S/C17H20N2O/c1-3-8-15(14-10-5-4-6-11-14)17(20)19-16-12-7-9-13(2)18-16/h4-7,9-12,15H,3,8H2,1-2H3,(H,18,19,20)/t15-/m0/s1. The predicted octanol–water partition coefficient (Wildman–Crippen LogP) is 3.91. The quantitative estimate of drug-likeness (QED) is 0.893. The van der Waals surface area contributed by atoms with E-state index in [9.17, 15) is 4.79 Å². The highest BCUT2D eigenvalue weighted by molar-refractivity contribution is 5.95. The van der Waals surface area contributed by atoms with Crippen LogP contribution in [0, 0.1) is 6.92 Å². The Morgan fingerprint density at radius 3 is 2.55 bits per heavy atom. The maximum Gasteiger partial charge on any atom is 0.233 e. The predicted molar refractivity (Wildman–Crippen MR) is 81.7 cm³/mol. The van der Waals surface area contributed by atoms with Crippen molar-refractivity contribution in [3.8, 4) is 0 Å². The normalized spacial score (nSPS) is 11.9. The van der Waals surface area contributed by atoms with Gasteiger partial charge in [0.1, 0.15) is 5.82 Å². The van der Waals surface area contributed by atoms with Crippen LogP contribution >= 0.6 is 0 Å². The lowest BCUT2D eigenvalue weighted by molar-refractivity contribution is -0.117. The summed E-state index contributed by atoms with van der Waals surface area (Å²) >= 11 is 0. The van der Waals surface area contributed by atoms with E-state index in [2.05, 4.69) is 17.2 Å². The molecule has 1 aromatic heterocycles. The molecule has 0 bridgehead atoms. The Morgan fingerprint density at radius 1 is 1.15 bits per heavy atom. The number of nitrogens with zero attached hydrogens (tertiary/aromatic N) is 1. The van der Waals surface area contributed by atoms with Gasteiger partial charge in [0.05, 0.1) is 5.92 Å². The molecule has 3 heteroatoms. The van der Waals surface area contributed by atoms with Crippen LogP contribution in [0.4, 0.5) is 5.82 Å². The zero-order valence-electron chi connectivity index (χ0n) is 12.0. The van der Waals surface area contributed by atoms with Gasteiger partial charge in [0.15, 0.2) is 0 Å². The molecule has 0 spiro atoms. The number of carbonyl (C=O) groups is 1. The Labute approximate surface area is 120 Å². The van der Waals surface area contributed by atoms with E-state index < -0.39 is 0 Å². The average molecular weight is 268 g/mol. The minimum atomic E-state index is -0.122. The molecule has 2 aromatic rings. The third-order valence-corrected chi connectivity index (χ3v) is 3.24. The summed E-state index contributed by atoms with van der Waals surface area (Å²) in [4.78, 5) is 16.8. The minimum absolute atomic E-state index is 0.0103. The fraction of sp³-hybridized carbons (Fsp3) is 0.294. The first-order chi connectivity index (χ1) is 9.70. The Kier molecular flexibility index (Phi) is 4.88. The van der Waals surface area contributed by atoms with Crippen LogP contribution in [-0.4, -0.2) is 10.9 Å². The van der Waals surface area contributed by atoms with E-state index >= 15 is 0 Å². The number of hydrogen-bond donors (Lipinski definition) is 1. The van der Waals surface area contributed by atoms with Crippen LogP contribution in [0.3, 0.4) is 0 Å². The lowest BCUT2D eigenvalue weighted by Crippen LogP contribution is -2.21. The molecule has 20 heavy (non-hydrogen) atoms. The molecule has 2 rings (SSSR count). The molecular weight excluding hydrogens is 248 g/mol. The second kappa shape index (κ2) is 6.85. The summed E-state index contributed by atoms with van der Waals surface area (Å²) in [7, 11) is 0. The first-order valence-corrected chi connectivity index (χ1v) is 7.00. The van der Waals surface area contributed by atoms with Gasteiger partial charge >= 0.3 is 0 Å². The van der Waals surface area contributed by atoms with Crippen molar-refractivity contribution in [1.29, 1.82) is 0 Å². The number of aromatic nitrogens is 1. The van der Waals surface area contributed by atoms with E-state index in [0.717, 1.165) is 24.1 Å². The molecule has 0 aliphatic carbocycles. The summed E-state index contributed by atoms with van der Waals surface area (Å²) < 4.78 is 0. The molecule has 1 heterocycles. The summed E-state index contributed by atoms with van der Waals surface area (Å²) in [6, 6.07) is 15.5. The van der Waals surface area contributed by atoms with Gasteiger partial charge < -0.3 is 5.32 Å². The summed E-state index contributed by atoms with van der Waals surface area (Å²) in [6.07, 6.45) is 1.80. The number of nitrogens with one attached hydrogen (secondary N) is 1. The Balaban J connectivity index is 2.15. The van der Waals surface area contributed by atoms with Gasteiger partial charge in [-0.3, -0.25) is 4.79 Å². The summed E-state index contributed by atoms with van der Waals surface area (Å²) in [5.74, 6) is 0.506. The second-order valence-corrected chi connectivity index (χ2v) is 4.91. The van der Waals surface area contributed by atoms with Crippen LogP contribution in [0.25, 0.3) is 0 Å². The Hall–Kier alpha value is -2.16. The molecular formula is C17H20N2O. The maximum absolute atomic E-state index is 12.5. The van der Waals surface area contributed by atoms with Gasteiger partial charge in [-0.15, -0.1) is 0 Å². The lowest BCUT2D eigenvalue weighted by Gasteiger charge is -2.16. The van der Waals surface area contributed by atoms with E-state index in [1.165, 1.54) is 0 Å². The fourth-order valence-corrected chi connectivity index (χ4v) is 2.25. The van der Waals surface area contributed by atoms with Gasteiger partial charge in [-0.25, -0.2) is 4.98 Å². The zero-order chi connectivity index (χ0) is 14.4. The largest absolute Gasteiger partial charge is 0.310 e. The van der Waals surface area contributed by atoms with E-state index in [0.29, 0.717) is 5.82 Å². The van der Waals surface area contributed by atoms with E-state index in [4.69, 9.17) is 0 Å². The zero-order valence-corrected chi connectivity index (χ0v) is 12.0. The molecule has 1 atom stereocenters. The molecule has 0 radical (unpaired) electrons. The van der Waals surface area contributed by atoms with Gasteiger partial charge in [0.2, 0.25) is 5.91 Å². The Morgan fingerprint density at radius 2 is 1.90 bits per heavy atom. The average Bonchev–Trinajstić information content (AvgIpc) is 2.45. The topological polar surface area (TPSA) is 42.0 Å². The molecule has 0 fully saturated rings. The summed E-state index contributed by atoms with van der Waals surface area (Å²) in [5, 5.41) is 2.92. The first kappa shape index (κ1) is 14.3. The smallest absolute Gasteiger partial charge is 0.233 e. The summed E-state index contributed by atoms with van der Waals surface area (Å²) in [6.45, 7) is 4.00. The highest BCUT2D eigenvalue weighted by Gasteiger charge is 2.19. The van der Waals surface area contributed by atoms with E-state index in [1.807, 2.05) is 55.5 Å². The van der Waals surface area contributed by atoms with Crippen molar-refractivity contribution in [1.82, 2.24) is 4.98 Å². The minimum Gasteiger partial charge on any atom is -0.310 e. The van der Waals surface area contributed by atoms with Gasteiger partial charge in [-0.1, -0.05) is 49.7 Å². The molecule has 0 aliphatic rings. The van der Waals surface area contributed by atoms with Crippen LogP contribution in [-0.2, 0) is 4.79 Å². The number of carbonyl (C=O) groups excluding carboxylic acids is 1. The van der Waals surface area contributed by atoms with Gasteiger partial charge in [0.25, 0.3) is 0 Å². The molecule has 1 N–H and O–H groups in total. The molecule has 3 nitrogen and oxygen atoms in total. The monoisotopic (exact) mass is 268 g/mol. The number of anilines is 1. The van der Waals surface area contributed by atoms with E-state index in [1.54, 1.807) is 0 Å². The molecule has 1 aromatic carbocycles. The highest BCUT2D eigenvalue weighted by atomic mass is 16.1.